The highest BCUT2D eigenvalue weighted by molar-refractivity contribution is 5.99. The zero-order chi connectivity index (χ0) is 12.7. The van der Waals surface area contributed by atoms with Crippen LogP contribution in [0.2, 0.25) is 0 Å². The van der Waals surface area contributed by atoms with E-state index in [1.54, 1.807) is 13.1 Å². The zero-order valence-electron chi connectivity index (χ0n) is 10.0. The predicted octanol–water partition coefficient (Wildman–Crippen LogP) is 1.63. The van der Waals surface area contributed by atoms with Gasteiger partial charge < -0.3 is 15.4 Å². The quantitative estimate of drug-likeness (QED) is 0.743. The Bertz CT molecular complexity index is 383. The van der Waals surface area contributed by atoms with E-state index in [-0.39, 0.29) is 11.6 Å². The van der Waals surface area contributed by atoms with Crippen molar-refractivity contribution in [1.82, 2.24) is 5.32 Å². The van der Waals surface area contributed by atoms with Crippen molar-refractivity contribution in [1.29, 1.82) is 0 Å². The summed E-state index contributed by atoms with van der Waals surface area (Å²) < 4.78 is 18.5. The number of anilines is 1. The maximum absolute atomic E-state index is 13.4. The summed E-state index contributed by atoms with van der Waals surface area (Å²) >= 11 is 0. The fourth-order valence-electron chi connectivity index (χ4n) is 1.44. The number of para-hydroxylation sites is 1. The second kappa shape index (κ2) is 6.85. The molecule has 1 rings (SSSR count). The van der Waals surface area contributed by atoms with Crippen molar-refractivity contribution in [3.63, 3.8) is 0 Å². The number of hydrogen-bond acceptors (Lipinski definition) is 3. The van der Waals surface area contributed by atoms with Crippen LogP contribution in [0.1, 0.15) is 17.3 Å². The number of rotatable bonds is 6. The fraction of sp³-hybridized carbons (Fsp3) is 0.417. The molecule has 0 heterocycles. The van der Waals surface area contributed by atoms with Crippen molar-refractivity contribution in [2.24, 2.45) is 0 Å². The molecule has 4 nitrogen and oxygen atoms in total. The van der Waals surface area contributed by atoms with Gasteiger partial charge in [-0.1, -0.05) is 6.07 Å². The number of hydrogen-bond donors (Lipinski definition) is 2. The molecule has 5 heteroatoms. The molecule has 1 aromatic carbocycles. The van der Waals surface area contributed by atoms with E-state index in [0.717, 1.165) is 0 Å². The van der Waals surface area contributed by atoms with Gasteiger partial charge in [-0.15, -0.1) is 0 Å². The third kappa shape index (κ3) is 3.71. The van der Waals surface area contributed by atoms with E-state index >= 15 is 0 Å². The van der Waals surface area contributed by atoms with Gasteiger partial charge in [0.1, 0.15) is 5.82 Å². The highest BCUT2D eigenvalue weighted by Crippen LogP contribution is 2.18. The minimum Gasteiger partial charge on any atom is -0.385 e. The Balaban J connectivity index is 2.65. The molecule has 0 spiro atoms. The van der Waals surface area contributed by atoms with Gasteiger partial charge in [-0.05, 0) is 19.1 Å². The molecule has 17 heavy (non-hydrogen) atoms. The van der Waals surface area contributed by atoms with Crippen LogP contribution in [-0.2, 0) is 4.74 Å². The molecule has 2 N–H and O–H groups in total. The molecule has 0 fully saturated rings. The van der Waals surface area contributed by atoms with Gasteiger partial charge in [0.05, 0.1) is 17.9 Å². The second-order valence-corrected chi connectivity index (χ2v) is 3.37. The summed E-state index contributed by atoms with van der Waals surface area (Å²) in [5.74, 6) is -0.751. The molecule has 94 valence electrons. The van der Waals surface area contributed by atoms with Gasteiger partial charge in [-0.2, -0.15) is 0 Å². The van der Waals surface area contributed by atoms with Crippen LogP contribution in [0.15, 0.2) is 18.2 Å². The minimum absolute atomic E-state index is 0.210. The van der Waals surface area contributed by atoms with Crippen LogP contribution in [0.5, 0.6) is 0 Å². The number of amides is 1. The normalized spacial score (nSPS) is 10.1. The average molecular weight is 240 g/mol. The molecular weight excluding hydrogens is 223 g/mol. The predicted molar refractivity (Wildman–Crippen MR) is 64.8 cm³/mol. The van der Waals surface area contributed by atoms with Gasteiger partial charge in [0, 0.05) is 20.2 Å². The van der Waals surface area contributed by atoms with Gasteiger partial charge >= 0.3 is 0 Å². The monoisotopic (exact) mass is 240 g/mol. The number of halogens is 1. The van der Waals surface area contributed by atoms with Crippen molar-refractivity contribution < 1.29 is 13.9 Å². The molecule has 0 aromatic heterocycles. The summed E-state index contributed by atoms with van der Waals surface area (Å²) in [7, 11) is 1.58. The first-order valence-corrected chi connectivity index (χ1v) is 5.53. The lowest BCUT2D eigenvalue weighted by molar-refractivity contribution is 0.0923. The Hall–Kier alpha value is -1.62. The first kappa shape index (κ1) is 13.4. The Morgan fingerprint density at radius 1 is 1.47 bits per heavy atom. The van der Waals surface area contributed by atoms with Gasteiger partial charge in [0.2, 0.25) is 0 Å². The molecular formula is C12H17FN2O2. The summed E-state index contributed by atoms with van der Waals surface area (Å²) in [4.78, 5) is 11.8. The lowest BCUT2D eigenvalue weighted by Gasteiger charge is -2.10. The zero-order valence-corrected chi connectivity index (χ0v) is 10.0. The first-order valence-electron chi connectivity index (χ1n) is 5.53. The average Bonchev–Trinajstić information content (AvgIpc) is 2.34. The summed E-state index contributed by atoms with van der Waals surface area (Å²) in [6, 6.07) is 4.39. The Morgan fingerprint density at radius 2 is 2.24 bits per heavy atom. The lowest BCUT2D eigenvalue weighted by Crippen LogP contribution is -2.28. The third-order valence-electron chi connectivity index (χ3n) is 2.24. The molecule has 0 atom stereocenters. The van der Waals surface area contributed by atoms with E-state index in [1.807, 2.05) is 6.92 Å². The minimum atomic E-state index is -0.440. The topological polar surface area (TPSA) is 50.4 Å². The smallest absolute Gasteiger partial charge is 0.253 e. The molecule has 0 saturated carbocycles. The van der Waals surface area contributed by atoms with E-state index < -0.39 is 5.82 Å². The third-order valence-corrected chi connectivity index (χ3v) is 2.24. The molecule has 1 amide bonds. The van der Waals surface area contributed by atoms with Crippen molar-refractivity contribution in [2.45, 2.75) is 6.92 Å². The van der Waals surface area contributed by atoms with Gasteiger partial charge in [-0.3, -0.25) is 4.79 Å². The molecule has 0 unspecified atom stereocenters. The molecule has 0 aliphatic heterocycles. The van der Waals surface area contributed by atoms with Crippen molar-refractivity contribution in [3.8, 4) is 0 Å². The van der Waals surface area contributed by atoms with Crippen LogP contribution in [0, 0.1) is 5.82 Å². The van der Waals surface area contributed by atoms with Gasteiger partial charge in [0.15, 0.2) is 0 Å². The molecule has 0 radical (unpaired) electrons. The van der Waals surface area contributed by atoms with Crippen molar-refractivity contribution >= 4 is 11.6 Å². The highest BCUT2D eigenvalue weighted by Gasteiger charge is 2.13. The molecule has 1 aromatic rings. The van der Waals surface area contributed by atoms with Crippen molar-refractivity contribution in [2.75, 3.05) is 32.1 Å². The Labute approximate surface area is 100 Å². The maximum Gasteiger partial charge on any atom is 0.253 e. The second-order valence-electron chi connectivity index (χ2n) is 3.37. The van der Waals surface area contributed by atoms with Crippen LogP contribution < -0.4 is 10.6 Å². The molecule has 0 aliphatic carbocycles. The van der Waals surface area contributed by atoms with Crippen molar-refractivity contribution in [3.05, 3.63) is 29.6 Å². The molecule has 0 saturated heterocycles. The van der Waals surface area contributed by atoms with Crippen LogP contribution in [0.4, 0.5) is 10.1 Å². The van der Waals surface area contributed by atoms with Crippen LogP contribution in [0.25, 0.3) is 0 Å². The molecule has 0 bridgehead atoms. The van der Waals surface area contributed by atoms with Crippen LogP contribution in [-0.4, -0.2) is 32.7 Å². The SMILES string of the molecule is CCOCCNC(=O)c1cccc(F)c1NC. The number of ether oxygens (including phenoxy) is 1. The van der Waals surface area contributed by atoms with Gasteiger partial charge in [0.25, 0.3) is 5.91 Å². The molecule has 0 aliphatic rings. The van der Waals surface area contributed by atoms with E-state index in [2.05, 4.69) is 10.6 Å². The maximum atomic E-state index is 13.4. The standard InChI is InChI=1S/C12H17FN2O2/c1-3-17-8-7-15-12(16)9-5-4-6-10(13)11(9)14-2/h4-6,14H,3,7-8H2,1-2H3,(H,15,16). The first-order chi connectivity index (χ1) is 8.20. The Morgan fingerprint density at radius 3 is 2.88 bits per heavy atom. The lowest BCUT2D eigenvalue weighted by atomic mass is 10.1. The number of carbonyl (C=O) groups excluding carboxylic acids is 1. The summed E-state index contributed by atoms with van der Waals surface area (Å²) in [6.07, 6.45) is 0. The van der Waals surface area contributed by atoms with E-state index in [1.165, 1.54) is 12.1 Å². The van der Waals surface area contributed by atoms with Crippen LogP contribution in [0.3, 0.4) is 0 Å². The fourth-order valence-corrected chi connectivity index (χ4v) is 1.44. The summed E-state index contributed by atoms with van der Waals surface area (Å²) in [6.45, 7) is 3.35. The Kier molecular flexibility index (Phi) is 5.42. The summed E-state index contributed by atoms with van der Waals surface area (Å²) in [5, 5.41) is 5.34. The van der Waals surface area contributed by atoms with Crippen LogP contribution >= 0.6 is 0 Å². The summed E-state index contributed by atoms with van der Waals surface area (Å²) in [5.41, 5.74) is 0.505. The number of carbonyl (C=O) groups is 1. The largest absolute Gasteiger partial charge is 0.385 e. The van der Waals surface area contributed by atoms with Gasteiger partial charge in [-0.25, -0.2) is 4.39 Å². The van der Waals surface area contributed by atoms with E-state index in [0.29, 0.717) is 25.3 Å². The van der Waals surface area contributed by atoms with E-state index in [9.17, 15) is 9.18 Å². The number of nitrogens with one attached hydrogen (secondary N) is 2. The number of benzene rings is 1. The van der Waals surface area contributed by atoms with E-state index in [4.69, 9.17) is 4.74 Å². The highest BCUT2D eigenvalue weighted by atomic mass is 19.1.